The summed E-state index contributed by atoms with van der Waals surface area (Å²) in [5.41, 5.74) is 4.91. The molecule has 0 saturated carbocycles. The zero-order valence-electron chi connectivity index (χ0n) is 16.0. The topological polar surface area (TPSA) is 39.7 Å². The minimum absolute atomic E-state index is 0.145. The van der Waals surface area contributed by atoms with Crippen LogP contribution in [0.1, 0.15) is 49.1 Å². The number of rotatable bonds is 5. The monoisotopic (exact) mass is 431 g/mol. The van der Waals surface area contributed by atoms with Crippen molar-refractivity contribution in [2.24, 2.45) is 5.92 Å². The lowest BCUT2D eigenvalue weighted by molar-refractivity contribution is 0.0828. The molecular weight excluding hydrogens is 406 g/mol. The number of benzene rings is 2. The molecule has 1 saturated heterocycles. The van der Waals surface area contributed by atoms with Gasteiger partial charge < -0.3 is 19.5 Å². The van der Waals surface area contributed by atoms with Crippen LogP contribution in [-0.4, -0.2) is 19.8 Å². The Morgan fingerprint density at radius 2 is 1.96 bits per heavy atom. The lowest BCUT2D eigenvalue weighted by atomic mass is 9.80. The number of hydrogen-bond donors (Lipinski definition) is 1. The molecule has 0 bridgehead atoms. The highest BCUT2D eigenvalue weighted by Crippen LogP contribution is 2.51. The maximum Gasteiger partial charge on any atom is 0.175 e. The van der Waals surface area contributed by atoms with Crippen LogP contribution in [0.2, 0.25) is 0 Å². The molecule has 1 N–H and O–H groups in total. The van der Waals surface area contributed by atoms with Crippen LogP contribution in [0, 0.1) is 12.8 Å². The van der Waals surface area contributed by atoms with Crippen LogP contribution < -0.4 is 14.8 Å². The molecule has 27 heavy (non-hydrogen) atoms. The summed E-state index contributed by atoms with van der Waals surface area (Å²) in [6, 6.07) is 11.0. The van der Waals surface area contributed by atoms with E-state index in [1.165, 1.54) is 16.7 Å². The molecule has 2 aliphatic heterocycles. The van der Waals surface area contributed by atoms with Crippen molar-refractivity contribution < 1.29 is 14.2 Å². The Hall–Kier alpha value is -1.72. The minimum atomic E-state index is 0.145. The van der Waals surface area contributed by atoms with Crippen LogP contribution >= 0.6 is 15.9 Å². The van der Waals surface area contributed by atoms with Crippen molar-refractivity contribution in [2.45, 2.75) is 39.3 Å². The van der Waals surface area contributed by atoms with Gasteiger partial charge in [0.1, 0.15) is 0 Å². The molecule has 0 aliphatic carbocycles. The molecule has 4 rings (SSSR count). The van der Waals surface area contributed by atoms with Gasteiger partial charge >= 0.3 is 0 Å². The third-order valence-corrected chi connectivity index (χ3v) is 5.96. The van der Waals surface area contributed by atoms with Gasteiger partial charge in [-0.2, -0.15) is 0 Å². The van der Waals surface area contributed by atoms with E-state index in [4.69, 9.17) is 14.2 Å². The van der Waals surface area contributed by atoms with Gasteiger partial charge in [0, 0.05) is 23.8 Å². The maximum atomic E-state index is 6.15. The third-order valence-electron chi connectivity index (χ3n) is 5.37. The Morgan fingerprint density at radius 1 is 1.15 bits per heavy atom. The van der Waals surface area contributed by atoms with Crippen molar-refractivity contribution in [1.29, 1.82) is 0 Å². The summed E-state index contributed by atoms with van der Waals surface area (Å²) in [4.78, 5) is 0. The zero-order chi connectivity index (χ0) is 19.0. The Bertz CT molecular complexity index is 839. The van der Waals surface area contributed by atoms with Crippen LogP contribution in [0.4, 0.5) is 5.69 Å². The van der Waals surface area contributed by atoms with Gasteiger partial charge in [-0.05, 0) is 66.9 Å². The number of nitrogens with one attached hydrogen (secondary N) is 1. The highest BCUT2D eigenvalue weighted by atomic mass is 79.9. The van der Waals surface area contributed by atoms with E-state index in [1.807, 2.05) is 13.8 Å². The van der Waals surface area contributed by atoms with Gasteiger partial charge in [-0.3, -0.25) is 0 Å². The predicted octanol–water partition coefficient (Wildman–Crippen LogP) is 5.80. The molecule has 0 unspecified atom stereocenters. The van der Waals surface area contributed by atoms with E-state index in [2.05, 4.69) is 58.5 Å². The quantitative estimate of drug-likeness (QED) is 0.649. The van der Waals surface area contributed by atoms with Gasteiger partial charge in [0.2, 0.25) is 0 Å². The van der Waals surface area contributed by atoms with E-state index in [0.717, 1.165) is 34.7 Å². The van der Waals surface area contributed by atoms with Crippen molar-refractivity contribution >= 4 is 21.6 Å². The summed E-state index contributed by atoms with van der Waals surface area (Å²) in [5.74, 6) is 1.96. The molecule has 0 spiro atoms. The molecule has 4 nitrogen and oxygen atoms in total. The number of anilines is 1. The fraction of sp³-hybridized carbons (Fsp3) is 0.455. The van der Waals surface area contributed by atoms with Gasteiger partial charge in [-0.25, -0.2) is 0 Å². The first-order valence-corrected chi connectivity index (χ1v) is 10.5. The number of ether oxygens (including phenoxy) is 3. The highest BCUT2D eigenvalue weighted by Gasteiger charge is 2.41. The standard InChI is InChI=1S/C22H26BrNO3/c1-4-25-19-12-14(11-17(23)22(19)26-5-2)20-15-8-9-27-21(15)16-10-13(3)6-7-18(16)24-20/h6-7,10-12,15,20-21,24H,4-5,8-9H2,1-3H3/t15-,20+,21-/m0/s1. The fourth-order valence-corrected chi connectivity index (χ4v) is 4.81. The maximum absolute atomic E-state index is 6.15. The van der Waals surface area contributed by atoms with E-state index in [0.29, 0.717) is 19.1 Å². The second kappa shape index (κ2) is 7.72. The molecular formula is C22H26BrNO3. The molecule has 2 heterocycles. The average Bonchev–Trinajstić information content (AvgIpc) is 3.14. The van der Waals surface area contributed by atoms with E-state index >= 15 is 0 Å². The molecule has 2 aliphatic rings. The van der Waals surface area contributed by atoms with Gasteiger partial charge in [0.15, 0.2) is 11.5 Å². The highest BCUT2D eigenvalue weighted by molar-refractivity contribution is 9.10. The van der Waals surface area contributed by atoms with E-state index in [9.17, 15) is 0 Å². The van der Waals surface area contributed by atoms with Crippen LogP contribution in [0.5, 0.6) is 11.5 Å². The Balaban J connectivity index is 1.75. The average molecular weight is 432 g/mol. The summed E-state index contributed by atoms with van der Waals surface area (Å²) in [5, 5.41) is 3.76. The first-order chi connectivity index (χ1) is 13.1. The Kier molecular flexibility index (Phi) is 5.33. The second-order valence-corrected chi connectivity index (χ2v) is 8.01. The lowest BCUT2D eigenvalue weighted by Crippen LogP contribution is -2.29. The van der Waals surface area contributed by atoms with Crippen LogP contribution in [0.25, 0.3) is 0 Å². The minimum Gasteiger partial charge on any atom is -0.490 e. The van der Waals surface area contributed by atoms with Crippen LogP contribution in [0.15, 0.2) is 34.8 Å². The summed E-state index contributed by atoms with van der Waals surface area (Å²) in [6.07, 6.45) is 1.19. The zero-order valence-corrected chi connectivity index (χ0v) is 17.6. The van der Waals surface area contributed by atoms with Gasteiger partial charge in [-0.1, -0.05) is 17.7 Å². The van der Waals surface area contributed by atoms with Crippen molar-refractivity contribution in [2.75, 3.05) is 25.1 Å². The van der Waals surface area contributed by atoms with E-state index in [-0.39, 0.29) is 12.1 Å². The van der Waals surface area contributed by atoms with Crippen molar-refractivity contribution in [1.82, 2.24) is 0 Å². The summed E-state index contributed by atoms with van der Waals surface area (Å²) >= 11 is 3.69. The van der Waals surface area contributed by atoms with Gasteiger partial charge in [-0.15, -0.1) is 0 Å². The number of hydrogen-bond acceptors (Lipinski definition) is 4. The Labute approximate surface area is 169 Å². The molecule has 0 amide bonds. The number of halogens is 1. The largest absolute Gasteiger partial charge is 0.490 e. The molecule has 3 atom stereocenters. The molecule has 0 radical (unpaired) electrons. The first kappa shape index (κ1) is 18.6. The van der Waals surface area contributed by atoms with Gasteiger partial charge in [0.25, 0.3) is 0 Å². The summed E-state index contributed by atoms with van der Waals surface area (Å²) in [7, 11) is 0. The smallest absolute Gasteiger partial charge is 0.175 e. The van der Waals surface area contributed by atoms with Crippen LogP contribution in [0.3, 0.4) is 0 Å². The summed E-state index contributed by atoms with van der Waals surface area (Å²) in [6.45, 7) is 8.12. The summed E-state index contributed by atoms with van der Waals surface area (Å²) < 4.78 is 18.8. The van der Waals surface area contributed by atoms with E-state index in [1.54, 1.807) is 0 Å². The fourth-order valence-electron chi connectivity index (χ4n) is 4.24. The van der Waals surface area contributed by atoms with Crippen molar-refractivity contribution in [3.05, 3.63) is 51.5 Å². The molecule has 2 aromatic rings. The SMILES string of the molecule is CCOc1cc([C@H]2Nc3ccc(C)cc3[C@H]3OCC[C@@H]23)cc(Br)c1OCC. The first-order valence-electron chi connectivity index (χ1n) is 9.70. The number of aryl methyl sites for hydroxylation is 1. The normalized spacial score (nSPS) is 23.3. The predicted molar refractivity (Wildman–Crippen MR) is 111 cm³/mol. The molecule has 0 aromatic heterocycles. The van der Waals surface area contributed by atoms with Gasteiger partial charge in [0.05, 0.1) is 29.8 Å². The van der Waals surface area contributed by atoms with E-state index < -0.39 is 0 Å². The van der Waals surface area contributed by atoms with Crippen LogP contribution in [-0.2, 0) is 4.74 Å². The molecule has 144 valence electrons. The molecule has 2 aromatic carbocycles. The lowest BCUT2D eigenvalue weighted by Gasteiger charge is -2.37. The third kappa shape index (κ3) is 3.43. The van der Waals surface area contributed by atoms with Crippen molar-refractivity contribution in [3.8, 4) is 11.5 Å². The second-order valence-electron chi connectivity index (χ2n) is 7.15. The Morgan fingerprint density at radius 3 is 2.74 bits per heavy atom. The molecule has 5 heteroatoms. The van der Waals surface area contributed by atoms with Crippen molar-refractivity contribution in [3.63, 3.8) is 0 Å². The molecule has 1 fully saturated rings. The number of fused-ring (bicyclic) bond motifs is 3.